The number of benzene rings is 1. The topological polar surface area (TPSA) is 67.3 Å². The van der Waals surface area contributed by atoms with Crippen LogP contribution in [0.15, 0.2) is 24.3 Å². The molecule has 1 unspecified atom stereocenters. The lowest BCUT2D eigenvalue weighted by Gasteiger charge is -2.32. The number of aromatic nitrogens is 1. The van der Waals surface area contributed by atoms with Gasteiger partial charge in [0, 0.05) is 19.0 Å². The van der Waals surface area contributed by atoms with Crippen molar-refractivity contribution in [2.24, 2.45) is 5.92 Å². The molecule has 24 heavy (non-hydrogen) atoms. The molecule has 4 rings (SSSR count). The molecule has 7 heteroatoms. The Bertz CT molecular complexity index is 834. The number of carbonyl (C=O) groups excluding carboxylic acids is 1. The van der Waals surface area contributed by atoms with Gasteiger partial charge >= 0.3 is 0 Å². The summed E-state index contributed by atoms with van der Waals surface area (Å²) in [5.74, 6) is 0.293. The molecule has 1 atom stereocenters. The second-order valence-corrected chi connectivity index (χ2v) is 10.0. The molecule has 1 amide bonds. The van der Waals surface area contributed by atoms with Crippen LogP contribution >= 0.6 is 11.3 Å². The van der Waals surface area contributed by atoms with Crippen LogP contribution < -0.4 is 0 Å². The summed E-state index contributed by atoms with van der Waals surface area (Å²) in [6, 6.07) is 8.16. The Labute approximate surface area is 145 Å². The van der Waals surface area contributed by atoms with Gasteiger partial charge in [0.15, 0.2) is 9.84 Å². The standard InChI is InChI=1S/C17H20N2O3S2/c20-17(13-7-10-24(21,22)11-13)19-8-5-12(6-9-19)16-18-14-3-1-2-4-15(14)23-16/h1-4,12-13H,5-11H2. The van der Waals surface area contributed by atoms with Gasteiger partial charge in [0.2, 0.25) is 5.91 Å². The number of para-hydroxylation sites is 1. The number of rotatable bonds is 2. The summed E-state index contributed by atoms with van der Waals surface area (Å²) in [6.07, 6.45) is 2.30. The minimum atomic E-state index is -3.00. The van der Waals surface area contributed by atoms with E-state index in [1.807, 2.05) is 23.1 Å². The van der Waals surface area contributed by atoms with Crippen molar-refractivity contribution in [3.8, 4) is 0 Å². The molecule has 0 aliphatic carbocycles. The minimum absolute atomic E-state index is 0.0267. The third-order valence-corrected chi connectivity index (χ3v) is 8.01. The molecule has 0 radical (unpaired) electrons. The van der Waals surface area contributed by atoms with Crippen LogP contribution in [0, 0.1) is 5.92 Å². The maximum Gasteiger partial charge on any atom is 0.226 e. The number of amides is 1. The first-order valence-corrected chi connectivity index (χ1v) is 11.0. The van der Waals surface area contributed by atoms with Gasteiger partial charge in [0.05, 0.1) is 32.6 Å². The highest BCUT2D eigenvalue weighted by molar-refractivity contribution is 7.91. The van der Waals surface area contributed by atoms with Crippen LogP contribution in [0.2, 0.25) is 0 Å². The van der Waals surface area contributed by atoms with Crippen molar-refractivity contribution in [2.45, 2.75) is 25.2 Å². The molecule has 0 bridgehead atoms. The lowest BCUT2D eigenvalue weighted by atomic mass is 9.96. The summed E-state index contributed by atoms with van der Waals surface area (Å²) in [7, 11) is -3.00. The molecular formula is C17H20N2O3S2. The minimum Gasteiger partial charge on any atom is -0.342 e. The molecule has 0 saturated carbocycles. The Kier molecular flexibility index (Phi) is 4.08. The Morgan fingerprint density at radius 1 is 1.17 bits per heavy atom. The number of hydrogen-bond donors (Lipinski definition) is 0. The van der Waals surface area contributed by atoms with Crippen molar-refractivity contribution < 1.29 is 13.2 Å². The van der Waals surface area contributed by atoms with Gasteiger partial charge in [-0.3, -0.25) is 4.79 Å². The summed E-state index contributed by atoms with van der Waals surface area (Å²) < 4.78 is 24.4. The molecule has 1 aromatic heterocycles. The lowest BCUT2D eigenvalue weighted by Crippen LogP contribution is -2.41. The number of fused-ring (bicyclic) bond motifs is 1. The average molecular weight is 364 g/mol. The molecule has 5 nitrogen and oxygen atoms in total. The number of piperidine rings is 1. The zero-order valence-electron chi connectivity index (χ0n) is 13.3. The molecule has 2 aromatic rings. The molecule has 1 aromatic carbocycles. The molecule has 2 aliphatic heterocycles. The number of likely N-dealkylation sites (tertiary alicyclic amines) is 1. The van der Waals surface area contributed by atoms with Crippen LogP contribution in [0.1, 0.15) is 30.2 Å². The molecule has 3 heterocycles. The van der Waals surface area contributed by atoms with Crippen molar-refractivity contribution >= 4 is 37.3 Å². The van der Waals surface area contributed by atoms with Gasteiger partial charge in [-0.15, -0.1) is 11.3 Å². The number of thiazole rings is 1. The fourth-order valence-corrected chi connectivity index (χ4v) is 6.53. The van der Waals surface area contributed by atoms with Gasteiger partial charge in [-0.1, -0.05) is 12.1 Å². The summed E-state index contributed by atoms with van der Waals surface area (Å²) in [6.45, 7) is 1.41. The van der Waals surface area contributed by atoms with Crippen LogP contribution in [-0.4, -0.2) is 48.8 Å². The van der Waals surface area contributed by atoms with Crippen molar-refractivity contribution in [3.05, 3.63) is 29.3 Å². The Morgan fingerprint density at radius 3 is 2.58 bits per heavy atom. The quantitative estimate of drug-likeness (QED) is 0.821. The smallest absolute Gasteiger partial charge is 0.226 e. The third-order valence-electron chi connectivity index (χ3n) is 5.05. The number of nitrogens with zero attached hydrogens (tertiary/aromatic N) is 2. The van der Waals surface area contributed by atoms with E-state index in [1.54, 1.807) is 11.3 Å². The van der Waals surface area contributed by atoms with Crippen LogP contribution in [0.3, 0.4) is 0 Å². The normalized spacial score (nSPS) is 24.5. The van der Waals surface area contributed by atoms with Crippen LogP contribution in [0.25, 0.3) is 10.2 Å². The predicted octanol–water partition coefficient (Wildman–Crippen LogP) is 2.44. The van der Waals surface area contributed by atoms with Crippen LogP contribution in [-0.2, 0) is 14.6 Å². The zero-order chi connectivity index (χ0) is 16.7. The van der Waals surface area contributed by atoms with Gasteiger partial charge < -0.3 is 4.90 Å². The van der Waals surface area contributed by atoms with E-state index < -0.39 is 9.84 Å². The highest BCUT2D eigenvalue weighted by Gasteiger charge is 2.36. The van der Waals surface area contributed by atoms with E-state index in [1.165, 1.54) is 4.70 Å². The van der Waals surface area contributed by atoms with Crippen molar-refractivity contribution in [1.29, 1.82) is 0 Å². The van der Waals surface area contributed by atoms with Gasteiger partial charge in [0.25, 0.3) is 0 Å². The fraction of sp³-hybridized carbons (Fsp3) is 0.529. The Morgan fingerprint density at radius 2 is 1.92 bits per heavy atom. The summed E-state index contributed by atoms with van der Waals surface area (Å²) >= 11 is 1.74. The molecular weight excluding hydrogens is 344 g/mol. The molecule has 128 valence electrons. The molecule has 2 saturated heterocycles. The highest BCUT2D eigenvalue weighted by atomic mass is 32.2. The molecule has 0 N–H and O–H groups in total. The molecule has 0 spiro atoms. The maximum absolute atomic E-state index is 12.5. The summed E-state index contributed by atoms with van der Waals surface area (Å²) in [4.78, 5) is 19.1. The van der Waals surface area contributed by atoms with Gasteiger partial charge in [-0.2, -0.15) is 0 Å². The maximum atomic E-state index is 12.5. The first-order chi connectivity index (χ1) is 11.5. The van der Waals surface area contributed by atoms with E-state index >= 15 is 0 Å². The Hall–Kier alpha value is -1.47. The van der Waals surface area contributed by atoms with E-state index in [0.29, 0.717) is 25.4 Å². The highest BCUT2D eigenvalue weighted by Crippen LogP contribution is 2.34. The first kappa shape index (κ1) is 16.0. The molecule has 2 fully saturated rings. The fourth-order valence-electron chi connectivity index (χ4n) is 3.66. The van der Waals surface area contributed by atoms with E-state index in [-0.39, 0.29) is 23.3 Å². The van der Waals surface area contributed by atoms with E-state index in [9.17, 15) is 13.2 Å². The monoisotopic (exact) mass is 364 g/mol. The second kappa shape index (κ2) is 6.11. The van der Waals surface area contributed by atoms with E-state index in [0.717, 1.165) is 23.4 Å². The van der Waals surface area contributed by atoms with Crippen molar-refractivity contribution in [3.63, 3.8) is 0 Å². The van der Waals surface area contributed by atoms with Gasteiger partial charge in [-0.25, -0.2) is 13.4 Å². The number of carbonyl (C=O) groups is 1. The Balaban J connectivity index is 1.40. The summed E-state index contributed by atoms with van der Waals surface area (Å²) in [5, 5.41) is 1.16. The van der Waals surface area contributed by atoms with E-state index in [2.05, 4.69) is 6.07 Å². The van der Waals surface area contributed by atoms with E-state index in [4.69, 9.17) is 4.98 Å². The van der Waals surface area contributed by atoms with Gasteiger partial charge in [-0.05, 0) is 31.4 Å². The van der Waals surface area contributed by atoms with Gasteiger partial charge in [0.1, 0.15) is 0 Å². The van der Waals surface area contributed by atoms with Crippen LogP contribution in [0.4, 0.5) is 0 Å². The van der Waals surface area contributed by atoms with Crippen molar-refractivity contribution in [2.75, 3.05) is 24.6 Å². The number of sulfone groups is 1. The largest absolute Gasteiger partial charge is 0.342 e. The lowest BCUT2D eigenvalue weighted by molar-refractivity contribution is -0.135. The second-order valence-electron chi connectivity index (χ2n) is 6.72. The van der Waals surface area contributed by atoms with Crippen molar-refractivity contribution in [1.82, 2.24) is 9.88 Å². The third kappa shape index (κ3) is 3.07. The van der Waals surface area contributed by atoms with Crippen LogP contribution in [0.5, 0.6) is 0 Å². The SMILES string of the molecule is O=C(C1CCS(=O)(=O)C1)N1CCC(c2nc3ccccc3s2)CC1. The average Bonchev–Trinajstić information content (AvgIpc) is 3.17. The number of hydrogen-bond acceptors (Lipinski definition) is 5. The predicted molar refractivity (Wildman–Crippen MR) is 94.9 cm³/mol. The molecule has 2 aliphatic rings. The first-order valence-electron chi connectivity index (χ1n) is 8.36. The zero-order valence-corrected chi connectivity index (χ0v) is 15.0. The summed E-state index contributed by atoms with van der Waals surface area (Å²) in [5.41, 5.74) is 1.05.